The van der Waals surface area contributed by atoms with Crippen molar-refractivity contribution in [2.45, 2.75) is 11.8 Å². The quantitative estimate of drug-likeness (QED) is 0.841. The number of hydrogen-bond donors (Lipinski definition) is 0. The van der Waals surface area contributed by atoms with Gasteiger partial charge in [0.25, 0.3) is 0 Å². The fourth-order valence-corrected chi connectivity index (χ4v) is 3.00. The fraction of sp³-hybridized carbons (Fsp3) is 0.462. The summed E-state index contributed by atoms with van der Waals surface area (Å²) in [5.41, 5.74) is 0.617. The Balaban J connectivity index is 2.48. The molecule has 0 aliphatic carbocycles. The van der Waals surface area contributed by atoms with Crippen LogP contribution in [0.4, 0.5) is 0 Å². The molecule has 0 bridgehead atoms. The highest BCUT2D eigenvalue weighted by Gasteiger charge is 2.40. The van der Waals surface area contributed by atoms with Crippen LogP contribution >= 0.6 is 15.9 Å². The van der Waals surface area contributed by atoms with Gasteiger partial charge in [-0.3, -0.25) is 0 Å². The summed E-state index contributed by atoms with van der Waals surface area (Å²) in [4.78, 5) is 2.19. The maximum atomic E-state index is 9.54. The van der Waals surface area contributed by atoms with Crippen LogP contribution in [-0.2, 0) is 5.41 Å². The Morgan fingerprint density at radius 1 is 1.53 bits per heavy atom. The zero-order chi connectivity index (χ0) is 12.5. The van der Waals surface area contributed by atoms with Gasteiger partial charge in [-0.1, -0.05) is 15.9 Å². The minimum Gasteiger partial charge on any atom is -0.497 e. The van der Waals surface area contributed by atoms with Crippen molar-refractivity contribution in [2.75, 3.05) is 27.2 Å². The van der Waals surface area contributed by atoms with Crippen LogP contribution < -0.4 is 4.74 Å². The van der Waals surface area contributed by atoms with Crippen molar-refractivity contribution in [3.05, 3.63) is 28.2 Å². The molecule has 90 valence electrons. The van der Waals surface area contributed by atoms with E-state index >= 15 is 0 Å². The first-order valence-corrected chi connectivity index (χ1v) is 6.34. The molecule has 4 heteroatoms. The molecule has 0 amide bonds. The Morgan fingerprint density at radius 3 is 2.82 bits per heavy atom. The monoisotopic (exact) mass is 294 g/mol. The Labute approximate surface area is 110 Å². The van der Waals surface area contributed by atoms with Crippen LogP contribution in [0.1, 0.15) is 12.0 Å². The van der Waals surface area contributed by atoms with Gasteiger partial charge >= 0.3 is 0 Å². The van der Waals surface area contributed by atoms with E-state index in [1.54, 1.807) is 7.11 Å². The smallest absolute Gasteiger partial charge is 0.119 e. The number of rotatable bonds is 2. The van der Waals surface area contributed by atoms with Crippen molar-refractivity contribution in [3.63, 3.8) is 0 Å². The molecular weight excluding hydrogens is 280 g/mol. The van der Waals surface area contributed by atoms with Crippen LogP contribution in [0.3, 0.4) is 0 Å². The zero-order valence-electron chi connectivity index (χ0n) is 10.0. The second-order valence-corrected chi connectivity index (χ2v) is 5.38. The normalized spacial score (nSPS) is 24.6. The van der Waals surface area contributed by atoms with Gasteiger partial charge in [-0.25, -0.2) is 0 Å². The lowest BCUT2D eigenvalue weighted by molar-refractivity contribution is 0.394. The predicted molar refractivity (Wildman–Crippen MR) is 70.1 cm³/mol. The van der Waals surface area contributed by atoms with Crippen molar-refractivity contribution in [3.8, 4) is 11.8 Å². The van der Waals surface area contributed by atoms with E-state index in [1.807, 2.05) is 25.2 Å². The summed E-state index contributed by atoms with van der Waals surface area (Å²) in [5, 5.41) is 9.54. The molecule has 0 aromatic heterocycles. The van der Waals surface area contributed by atoms with Gasteiger partial charge in [-0.15, -0.1) is 0 Å². The molecule has 1 aromatic carbocycles. The van der Waals surface area contributed by atoms with Crippen LogP contribution in [-0.4, -0.2) is 32.1 Å². The van der Waals surface area contributed by atoms with E-state index in [9.17, 15) is 5.26 Å². The minimum absolute atomic E-state index is 0.415. The van der Waals surface area contributed by atoms with E-state index in [0.717, 1.165) is 35.3 Å². The number of methoxy groups -OCH3 is 1. The van der Waals surface area contributed by atoms with Gasteiger partial charge in [0.15, 0.2) is 0 Å². The molecule has 1 aliphatic heterocycles. The molecule has 1 aliphatic rings. The first-order valence-electron chi connectivity index (χ1n) is 5.55. The standard InChI is InChI=1S/C13H15BrN2O/c1-16-6-5-13(8-15,9-16)11-7-10(17-2)3-4-12(11)14/h3-4,7H,5-6,9H2,1-2H3. The molecule has 1 fully saturated rings. The van der Waals surface area contributed by atoms with Crippen LogP contribution in [0.15, 0.2) is 22.7 Å². The Kier molecular flexibility index (Phi) is 3.41. The summed E-state index contributed by atoms with van der Waals surface area (Å²) >= 11 is 3.54. The molecular formula is C13H15BrN2O. The summed E-state index contributed by atoms with van der Waals surface area (Å²) in [6.07, 6.45) is 0.867. The first-order chi connectivity index (χ1) is 8.11. The number of nitrogens with zero attached hydrogens (tertiary/aromatic N) is 2. The molecule has 1 unspecified atom stereocenters. The van der Waals surface area contributed by atoms with Gasteiger partial charge in [0.1, 0.15) is 5.75 Å². The molecule has 1 aromatic rings. The summed E-state index contributed by atoms with van der Waals surface area (Å²) in [6, 6.07) is 8.30. The van der Waals surface area contributed by atoms with Crippen molar-refractivity contribution in [1.29, 1.82) is 5.26 Å². The third-order valence-corrected chi connectivity index (χ3v) is 4.05. The van der Waals surface area contributed by atoms with Crippen LogP contribution in [0.25, 0.3) is 0 Å². The lowest BCUT2D eigenvalue weighted by Crippen LogP contribution is -2.28. The summed E-state index contributed by atoms with van der Waals surface area (Å²) in [5.74, 6) is 0.798. The van der Waals surface area contributed by atoms with Crippen molar-refractivity contribution in [2.24, 2.45) is 0 Å². The van der Waals surface area contributed by atoms with E-state index in [2.05, 4.69) is 26.9 Å². The third-order valence-electron chi connectivity index (χ3n) is 3.36. The lowest BCUT2D eigenvalue weighted by Gasteiger charge is -2.23. The molecule has 0 N–H and O–H groups in total. The molecule has 3 nitrogen and oxygen atoms in total. The first kappa shape index (κ1) is 12.4. The fourth-order valence-electron chi connectivity index (χ4n) is 2.37. The van der Waals surface area contributed by atoms with Gasteiger partial charge in [-0.2, -0.15) is 5.26 Å². The highest BCUT2D eigenvalue weighted by atomic mass is 79.9. The molecule has 1 heterocycles. The van der Waals surface area contributed by atoms with E-state index in [4.69, 9.17) is 4.74 Å². The number of halogens is 1. The largest absolute Gasteiger partial charge is 0.497 e. The topological polar surface area (TPSA) is 36.3 Å². The maximum absolute atomic E-state index is 9.54. The average Bonchev–Trinajstić information content (AvgIpc) is 2.73. The summed E-state index contributed by atoms with van der Waals surface area (Å²) < 4.78 is 6.22. The second-order valence-electron chi connectivity index (χ2n) is 4.53. The molecule has 17 heavy (non-hydrogen) atoms. The zero-order valence-corrected chi connectivity index (χ0v) is 11.6. The van der Waals surface area contributed by atoms with E-state index in [-0.39, 0.29) is 0 Å². The Bertz CT molecular complexity index is 469. The predicted octanol–water partition coefficient (Wildman–Crippen LogP) is 2.55. The van der Waals surface area contributed by atoms with Crippen LogP contribution in [0.2, 0.25) is 0 Å². The molecule has 1 atom stereocenters. The maximum Gasteiger partial charge on any atom is 0.119 e. The van der Waals surface area contributed by atoms with Crippen LogP contribution in [0, 0.1) is 11.3 Å². The van der Waals surface area contributed by atoms with E-state index < -0.39 is 5.41 Å². The van der Waals surface area contributed by atoms with E-state index in [0.29, 0.717) is 0 Å². The lowest BCUT2D eigenvalue weighted by atomic mass is 9.81. The van der Waals surface area contributed by atoms with Crippen LogP contribution in [0.5, 0.6) is 5.75 Å². The second kappa shape index (κ2) is 4.67. The SMILES string of the molecule is COc1ccc(Br)c(C2(C#N)CCN(C)C2)c1. The van der Waals surface area contributed by atoms with Gasteiger partial charge in [0.05, 0.1) is 18.6 Å². The highest BCUT2D eigenvalue weighted by Crippen LogP contribution is 2.39. The van der Waals surface area contributed by atoms with E-state index in [1.165, 1.54) is 0 Å². The van der Waals surface area contributed by atoms with Crippen molar-refractivity contribution in [1.82, 2.24) is 4.90 Å². The van der Waals surface area contributed by atoms with Gasteiger partial charge in [0, 0.05) is 11.0 Å². The summed E-state index contributed by atoms with van der Waals surface area (Å²) in [6.45, 7) is 1.73. The molecule has 0 spiro atoms. The third kappa shape index (κ3) is 2.18. The molecule has 0 saturated carbocycles. The number of nitriles is 1. The Hall–Kier alpha value is -1.05. The molecule has 2 rings (SSSR count). The van der Waals surface area contributed by atoms with Crippen molar-refractivity contribution < 1.29 is 4.74 Å². The molecule has 0 radical (unpaired) electrons. The van der Waals surface area contributed by atoms with Gasteiger partial charge < -0.3 is 9.64 Å². The molecule has 1 saturated heterocycles. The van der Waals surface area contributed by atoms with Crippen molar-refractivity contribution >= 4 is 15.9 Å². The summed E-state index contributed by atoms with van der Waals surface area (Å²) in [7, 11) is 3.69. The Morgan fingerprint density at radius 2 is 2.29 bits per heavy atom. The van der Waals surface area contributed by atoms with Gasteiger partial charge in [0.2, 0.25) is 0 Å². The number of likely N-dealkylation sites (N-methyl/N-ethyl adjacent to an activating group) is 1. The average molecular weight is 295 g/mol. The number of hydrogen-bond acceptors (Lipinski definition) is 3. The number of ether oxygens (including phenoxy) is 1. The van der Waals surface area contributed by atoms with Gasteiger partial charge in [-0.05, 0) is 43.8 Å². The number of benzene rings is 1. The number of likely N-dealkylation sites (tertiary alicyclic amines) is 1. The highest BCUT2D eigenvalue weighted by molar-refractivity contribution is 9.10. The minimum atomic E-state index is -0.415.